The van der Waals surface area contributed by atoms with E-state index in [9.17, 15) is 8.42 Å². The maximum Gasteiger partial charge on any atom is 0.209 e. The molecule has 3 aliphatic heterocycles. The van der Waals surface area contributed by atoms with Crippen LogP contribution in [0.3, 0.4) is 0 Å². The minimum atomic E-state index is -3.29. The summed E-state index contributed by atoms with van der Waals surface area (Å²) in [7, 11) is -3.29. The first-order chi connectivity index (χ1) is 7.54. The molecule has 6 heteroatoms. The number of hydrogen-bond donors (Lipinski definition) is 2. The zero-order chi connectivity index (χ0) is 11.6. The Kier molecular flexibility index (Phi) is 3.84. The minimum absolute atomic E-state index is 0.0844. The van der Waals surface area contributed by atoms with Crippen molar-refractivity contribution >= 4 is 10.0 Å². The van der Waals surface area contributed by atoms with Crippen molar-refractivity contribution in [1.29, 1.82) is 0 Å². The maximum atomic E-state index is 10.8. The number of fused-ring (bicyclic) bond motifs is 3. The predicted octanol–water partition coefficient (Wildman–Crippen LogP) is -0.651. The molecule has 3 N–H and O–H groups in total. The van der Waals surface area contributed by atoms with Gasteiger partial charge in [-0.1, -0.05) is 0 Å². The Morgan fingerprint density at radius 1 is 1.31 bits per heavy atom. The van der Waals surface area contributed by atoms with Crippen molar-refractivity contribution < 1.29 is 8.42 Å². The molecule has 16 heavy (non-hydrogen) atoms. The summed E-state index contributed by atoms with van der Waals surface area (Å²) >= 11 is 0. The van der Waals surface area contributed by atoms with E-state index in [0.29, 0.717) is 12.5 Å². The van der Waals surface area contributed by atoms with Gasteiger partial charge in [-0.2, -0.15) is 0 Å². The molecule has 1 atom stereocenters. The highest BCUT2D eigenvalue weighted by Crippen LogP contribution is 2.27. The largest absolute Gasteiger partial charge is 0.312 e. The van der Waals surface area contributed by atoms with E-state index in [1.165, 1.54) is 25.9 Å². The summed E-state index contributed by atoms with van der Waals surface area (Å²) in [4.78, 5) is 2.48. The summed E-state index contributed by atoms with van der Waals surface area (Å²) in [6, 6.07) is 0.558. The summed E-state index contributed by atoms with van der Waals surface area (Å²) in [5.41, 5.74) is 0. The van der Waals surface area contributed by atoms with Crippen LogP contribution in [0.5, 0.6) is 0 Å². The molecule has 0 aromatic rings. The second-order valence-corrected chi connectivity index (χ2v) is 6.65. The van der Waals surface area contributed by atoms with Crippen LogP contribution in [0.4, 0.5) is 0 Å². The molecule has 2 bridgehead atoms. The molecule has 3 fully saturated rings. The van der Waals surface area contributed by atoms with Crippen LogP contribution in [0.15, 0.2) is 0 Å². The number of nitrogens with two attached hydrogens (primary N) is 1. The van der Waals surface area contributed by atoms with Crippen LogP contribution >= 0.6 is 0 Å². The Bertz CT molecular complexity index is 323. The van der Waals surface area contributed by atoms with Gasteiger partial charge in [-0.05, 0) is 44.8 Å². The van der Waals surface area contributed by atoms with E-state index in [1.807, 2.05) is 0 Å². The van der Waals surface area contributed by atoms with Gasteiger partial charge in [-0.15, -0.1) is 0 Å². The van der Waals surface area contributed by atoms with E-state index in [1.54, 1.807) is 0 Å². The minimum Gasteiger partial charge on any atom is -0.312 e. The first-order valence-corrected chi connectivity index (χ1v) is 7.72. The summed E-state index contributed by atoms with van der Waals surface area (Å²) in [5.74, 6) is 0.876. The molecule has 0 aliphatic carbocycles. The highest BCUT2D eigenvalue weighted by molar-refractivity contribution is 7.89. The molecule has 0 radical (unpaired) electrons. The van der Waals surface area contributed by atoms with Crippen molar-refractivity contribution in [3.05, 3.63) is 0 Å². The SMILES string of the molecule is NS(=O)(=O)CCCNC1CN2CCC1CC2. The number of sulfonamides is 1. The zero-order valence-corrected chi connectivity index (χ0v) is 10.4. The third-order valence-electron chi connectivity index (χ3n) is 3.67. The van der Waals surface area contributed by atoms with E-state index in [4.69, 9.17) is 5.14 Å². The van der Waals surface area contributed by atoms with Gasteiger partial charge in [0.05, 0.1) is 5.75 Å². The maximum absolute atomic E-state index is 10.8. The normalized spacial score (nSPS) is 34.2. The lowest BCUT2D eigenvalue weighted by Gasteiger charge is -2.45. The lowest BCUT2D eigenvalue weighted by atomic mass is 9.84. The smallest absolute Gasteiger partial charge is 0.209 e. The molecule has 0 amide bonds. The van der Waals surface area contributed by atoms with Crippen LogP contribution in [0.1, 0.15) is 19.3 Å². The molecule has 3 heterocycles. The quantitative estimate of drug-likeness (QED) is 0.633. The Morgan fingerprint density at radius 3 is 2.50 bits per heavy atom. The van der Waals surface area contributed by atoms with Crippen molar-refractivity contribution in [2.75, 3.05) is 31.9 Å². The van der Waals surface area contributed by atoms with Crippen molar-refractivity contribution in [2.24, 2.45) is 11.1 Å². The molecule has 3 rings (SSSR count). The highest BCUT2D eigenvalue weighted by atomic mass is 32.2. The molecule has 94 valence electrons. The van der Waals surface area contributed by atoms with Gasteiger partial charge in [-0.25, -0.2) is 13.6 Å². The fourth-order valence-electron chi connectivity index (χ4n) is 2.76. The molecule has 3 saturated heterocycles. The number of primary sulfonamides is 1. The van der Waals surface area contributed by atoms with E-state index < -0.39 is 10.0 Å². The lowest BCUT2D eigenvalue weighted by molar-refractivity contribution is 0.0730. The average Bonchev–Trinajstić information content (AvgIpc) is 2.25. The zero-order valence-electron chi connectivity index (χ0n) is 9.56. The Labute approximate surface area is 97.4 Å². The van der Waals surface area contributed by atoms with Gasteiger partial charge in [0.25, 0.3) is 0 Å². The van der Waals surface area contributed by atoms with Crippen LogP contribution in [0.25, 0.3) is 0 Å². The van der Waals surface area contributed by atoms with Crippen molar-refractivity contribution in [1.82, 2.24) is 10.2 Å². The van der Waals surface area contributed by atoms with Gasteiger partial charge in [0, 0.05) is 12.6 Å². The number of rotatable bonds is 5. The molecule has 0 spiro atoms. The first kappa shape index (κ1) is 12.3. The molecule has 5 nitrogen and oxygen atoms in total. The van der Waals surface area contributed by atoms with Gasteiger partial charge >= 0.3 is 0 Å². The first-order valence-electron chi connectivity index (χ1n) is 6.01. The second kappa shape index (κ2) is 5.00. The van der Waals surface area contributed by atoms with E-state index in [0.717, 1.165) is 19.0 Å². The number of nitrogens with one attached hydrogen (secondary N) is 1. The van der Waals surface area contributed by atoms with E-state index >= 15 is 0 Å². The van der Waals surface area contributed by atoms with Crippen LogP contribution in [0.2, 0.25) is 0 Å². The topological polar surface area (TPSA) is 75.4 Å². The van der Waals surface area contributed by atoms with Gasteiger partial charge in [0.1, 0.15) is 0 Å². The number of piperidine rings is 3. The Balaban J connectivity index is 1.67. The molecular weight excluding hydrogens is 226 g/mol. The van der Waals surface area contributed by atoms with Crippen LogP contribution in [0, 0.1) is 5.92 Å². The molecule has 3 aliphatic rings. The van der Waals surface area contributed by atoms with E-state index in [-0.39, 0.29) is 5.75 Å². The van der Waals surface area contributed by atoms with Crippen LogP contribution in [-0.4, -0.2) is 51.3 Å². The molecule has 0 aromatic heterocycles. The van der Waals surface area contributed by atoms with Crippen molar-refractivity contribution in [3.63, 3.8) is 0 Å². The second-order valence-electron chi connectivity index (χ2n) is 4.92. The molecule has 0 aromatic carbocycles. The third-order valence-corrected chi connectivity index (χ3v) is 4.53. The van der Waals surface area contributed by atoms with Crippen LogP contribution in [-0.2, 0) is 10.0 Å². The predicted molar refractivity (Wildman–Crippen MR) is 63.5 cm³/mol. The standard InChI is InChI=1S/C10H21N3O2S/c11-16(14,15)7-1-4-12-10-8-13-5-2-9(10)3-6-13/h9-10,12H,1-8H2,(H2,11,14,15). The molecular formula is C10H21N3O2S. The van der Waals surface area contributed by atoms with Gasteiger partial charge in [0.2, 0.25) is 10.0 Å². The fourth-order valence-corrected chi connectivity index (χ4v) is 3.30. The fraction of sp³-hybridized carbons (Fsp3) is 1.00. The Morgan fingerprint density at radius 2 is 2.00 bits per heavy atom. The van der Waals surface area contributed by atoms with Gasteiger partial charge in [-0.3, -0.25) is 0 Å². The monoisotopic (exact) mass is 247 g/mol. The van der Waals surface area contributed by atoms with Gasteiger partial charge in [0.15, 0.2) is 0 Å². The van der Waals surface area contributed by atoms with E-state index in [2.05, 4.69) is 10.2 Å². The molecule has 1 unspecified atom stereocenters. The number of hydrogen-bond acceptors (Lipinski definition) is 4. The van der Waals surface area contributed by atoms with Crippen LogP contribution < -0.4 is 10.5 Å². The Hall–Kier alpha value is -0.170. The number of nitrogens with zero attached hydrogens (tertiary/aromatic N) is 1. The average molecular weight is 247 g/mol. The molecule has 0 saturated carbocycles. The van der Waals surface area contributed by atoms with Crippen molar-refractivity contribution in [3.8, 4) is 0 Å². The lowest BCUT2D eigenvalue weighted by Crippen LogP contribution is -2.56. The third kappa shape index (κ3) is 3.41. The highest BCUT2D eigenvalue weighted by Gasteiger charge is 2.33. The summed E-state index contributed by atoms with van der Waals surface area (Å²) in [5, 5.41) is 8.42. The summed E-state index contributed by atoms with van der Waals surface area (Å²) < 4.78 is 21.5. The summed E-state index contributed by atoms with van der Waals surface area (Å²) in [6.07, 6.45) is 3.18. The summed E-state index contributed by atoms with van der Waals surface area (Å²) in [6.45, 7) is 4.35. The van der Waals surface area contributed by atoms with Gasteiger partial charge < -0.3 is 10.2 Å². The van der Waals surface area contributed by atoms with Crippen molar-refractivity contribution in [2.45, 2.75) is 25.3 Å².